The number of hydrogen-bond donors (Lipinski definition) is 1. The fraction of sp³-hybridized carbons (Fsp3) is 1.00. The summed E-state index contributed by atoms with van der Waals surface area (Å²) in [7, 11) is 0. The van der Waals surface area contributed by atoms with Crippen LogP contribution in [-0.2, 0) is 9.47 Å². The van der Waals surface area contributed by atoms with Crippen molar-refractivity contribution < 1.29 is 14.6 Å². The number of aliphatic hydroxyl groups excluding tert-OH is 1. The molecule has 0 aromatic carbocycles. The van der Waals surface area contributed by atoms with Crippen LogP contribution in [0.25, 0.3) is 0 Å². The van der Waals surface area contributed by atoms with Crippen LogP contribution in [0, 0.1) is 17.8 Å². The molecule has 74 valence electrons. The minimum atomic E-state index is -0.281. The van der Waals surface area contributed by atoms with E-state index in [9.17, 15) is 5.11 Å². The molecule has 3 aliphatic rings. The van der Waals surface area contributed by atoms with Gasteiger partial charge in [0, 0.05) is 18.9 Å². The van der Waals surface area contributed by atoms with Gasteiger partial charge >= 0.3 is 0 Å². The van der Waals surface area contributed by atoms with E-state index in [0.717, 1.165) is 25.6 Å². The average molecular weight is 184 g/mol. The van der Waals surface area contributed by atoms with Gasteiger partial charge in [0.05, 0.1) is 13.2 Å². The molecule has 13 heavy (non-hydrogen) atoms. The monoisotopic (exact) mass is 184 g/mol. The molecule has 3 atom stereocenters. The van der Waals surface area contributed by atoms with Gasteiger partial charge in [-0.3, -0.25) is 0 Å². The summed E-state index contributed by atoms with van der Waals surface area (Å²) in [6, 6.07) is 0. The van der Waals surface area contributed by atoms with Crippen LogP contribution in [0.4, 0.5) is 0 Å². The molecule has 0 radical (unpaired) electrons. The molecule has 1 aliphatic heterocycles. The molecule has 3 heteroatoms. The Balaban J connectivity index is 1.84. The molecular weight excluding hydrogens is 168 g/mol. The van der Waals surface area contributed by atoms with Gasteiger partial charge in [-0.1, -0.05) is 0 Å². The number of rotatable bonds is 1. The van der Waals surface area contributed by atoms with E-state index in [1.165, 1.54) is 12.8 Å². The molecule has 1 saturated heterocycles. The van der Waals surface area contributed by atoms with Crippen LogP contribution < -0.4 is 0 Å². The Bertz CT molecular complexity index is 210. The molecular formula is C10H16O3. The Hall–Kier alpha value is -0.120. The van der Waals surface area contributed by atoms with Gasteiger partial charge in [0.25, 0.3) is 0 Å². The highest BCUT2D eigenvalue weighted by molar-refractivity contribution is 5.02. The highest BCUT2D eigenvalue weighted by Crippen LogP contribution is 2.56. The summed E-state index contributed by atoms with van der Waals surface area (Å²) >= 11 is 0. The van der Waals surface area contributed by atoms with Gasteiger partial charge in [-0.2, -0.15) is 0 Å². The van der Waals surface area contributed by atoms with Crippen molar-refractivity contribution in [3.8, 4) is 0 Å². The van der Waals surface area contributed by atoms with Crippen LogP contribution in [-0.4, -0.2) is 30.7 Å². The Morgan fingerprint density at radius 3 is 2.62 bits per heavy atom. The lowest BCUT2D eigenvalue weighted by Crippen LogP contribution is -2.41. The van der Waals surface area contributed by atoms with Gasteiger partial charge in [0.15, 0.2) is 5.79 Å². The molecule has 2 saturated carbocycles. The first-order chi connectivity index (χ1) is 6.34. The van der Waals surface area contributed by atoms with E-state index in [0.29, 0.717) is 18.4 Å². The Morgan fingerprint density at radius 2 is 2.00 bits per heavy atom. The molecule has 2 bridgehead atoms. The van der Waals surface area contributed by atoms with Crippen molar-refractivity contribution in [2.24, 2.45) is 17.8 Å². The third kappa shape index (κ3) is 1.01. The topological polar surface area (TPSA) is 38.7 Å². The van der Waals surface area contributed by atoms with Gasteiger partial charge in [-0.05, 0) is 24.7 Å². The van der Waals surface area contributed by atoms with Crippen molar-refractivity contribution in [1.82, 2.24) is 0 Å². The smallest absolute Gasteiger partial charge is 0.171 e. The van der Waals surface area contributed by atoms with Crippen molar-refractivity contribution in [1.29, 1.82) is 0 Å². The van der Waals surface area contributed by atoms with Crippen LogP contribution in [0.1, 0.15) is 19.3 Å². The summed E-state index contributed by atoms with van der Waals surface area (Å²) in [5.74, 6) is 1.35. The van der Waals surface area contributed by atoms with Crippen molar-refractivity contribution in [3.63, 3.8) is 0 Å². The van der Waals surface area contributed by atoms with E-state index >= 15 is 0 Å². The van der Waals surface area contributed by atoms with Crippen molar-refractivity contribution in [3.05, 3.63) is 0 Å². The molecule has 2 aliphatic carbocycles. The molecule has 1 N–H and O–H groups in total. The molecule has 0 aromatic rings. The fourth-order valence-electron chi connectivity index (χ4n) is 3.50. The fourth-order valence-corrected chi connectivity index (χ4v) is 3.50. The molecule has 3 fully saturated rings. The average Bonchev–Trinajstić information content (AvgIpc) is 2.80. The van der Waals surface area contributed by atoms with Crippen LogP contribution in [0.5, 0.6) is 0 Å². The number of fused-ring (bicyclic) bond motifs is 3. The summed E-state index contributed by atoms with van der Waals surface area (Å²) in [6.07, 6.45) is 3.44. The molecule has 0 aromatic heterocycles. The van der Waals surface area contributed by atoms with Gasteiger partial charge in [-0.15, -0.1) is 0 Å². The van der Waals surface area contributed by atoms with E-state index in [1.54, 1.807) is 0 Å². The van der Waals surface area contributed by atoms with Crippen LogP contribution in [0.15, 0.2) is 0 Å². The summed E-state index contributed by atoms with van der Waals surface area (Å²) in [5, 5.41) is 9.22. The Morgan fingerprint density at radius 1 is 1.23 bits per heavy atom. The maximum absolute atomic E-state index is 9.22. The van der Waals surface area contributed by atoms with Gasteiger partial charge in [0.2, 0.25) is 0 Å². The van der Waals surface area contributed by atoms with Crippen molar-refractivity contribution >= 4 is 0 Å². The first-order valence-corrected chi connectivity index (χ1v) is 5.23. The molecule has 3 nitrogen and oxygen atoms in total. The van der Waals surface area contributed by atoms with Gasteiger partial charge in [0.1, 0.15) is 0 Å². The van der Waals surface area contributed by atoms with E-state index in [2.05, 4.69) is 0 Å². The third-order valence-electron chi connectivity index (χ3n) is 3.94. The van der Waals surface area contributed by atoms with E-state index < -0.39 is 0 Å². The second kappa shape index (κ2) is 2.69. The highest BCUT2D eigenvalue weighted by Gasteiger charge is 2.58. The maximum Gasteiger partial charge on any atom is 0.171 e. The molecule has 0 amide bonds. The zero-order valence-corrected chi connectivity index (χ0v) is 7.74. The van der Waals surface area contributed by atoms with E-state index in [4.69, 9.17) is 9.47 Å². The predicted molar refractivity (Wildman–Crippen MR) is 46.0 cm³/mol. The lowest BCUT2D eigenvalue weighted by Gasteiger charge is -2.35. The standard InChI is InChI=1S/C10H16O3/c11-6-8-3-7-4-9(8)10(5-7)12-1-2-13-10/h7-9,11H,1-6H2/t7-,8-,9-/m0/s1. The Labute approximate surface area is 78.0 Å². The number of aliphatic hydroxyl groups is 1. The second-order valence-corrected chi connectivity index (χ2v) is 4.60. The quantitative estimate of drug-likeness (QED) is 0.654. The second-order valence-electron chi connectivity index (χ2n) is 4.60. The van der Waals surface area contributed by atoms with E-state index in [-0.39, 0.29) is 5.79 Å². The lowest BCUT2D eigenvalue weighted by molar-refractivity contribution is -0.204. The normalized spacial score (nSPS) is 46.4. The van der Waals surface area contributed by atoms with Crippen molar-refractivity contribution in [2.75, 3.05) is 19.8 Å². The minimum Gasteiger partial charge on any atom is -0.396 e. The zero-order valence-electron chi connectivity index (χ0n) is 7.74. The highest BCUT2D eigenvalue weighted by atomic mass is 16.7. The van der Waals surface area contributed by atoms with Crippen LogP contribution in [0.2, 0.25) is 0 Å². The maximum atomic E-state index is 9.22. The first kappa shape index (κ1) is 8.21. The van der Waals surface area contributed by atoms with Crippen molar-refractivity contribution in [2.45, 2.75) is 25.0 Å². The molecule has 1 spiro atoms. The largest absolute Gasteiger partial charge is 0.396 e. The number of hydrogen-bond acceptors (Lipinski definition) is 3. The Kier molecular flexibility index (Phi) is 1.70. The summed E-state index contributed by atoms with van der Waals surface area (Å²) in [6.45, 7) is 1.78. The van der Waals surface area contributed by atoms with E-state index in [1.807, 2.05) is 0 Å². The third-order valence-corrected chi connectivity index (χ3v) is 3.94. The first-order valence-electron chi connectivity index (χ1n) is 5.23. The SMILES string of the molecule is OC[C@@H]1C[C@H]2C[C@@H]1C1(C2)OCCO1. The molecule has 1 heterocycles. The summed E-state index contributed by atoms with van der Waals surface area (Å²) in [5.41, 5.74) is 0. The lowest BCUT2D eigenvalue weighted by atomic mass is 9.84. The molecule has 0 unspecified atom stereocenters. The molecule has 3 rings (SSSR count). The van der Waals surface area contributed by atoms with Gasteiger partial charge < -0.3 is 14.6 Å². The summed E-state index contributed by atoms with van der Waals surface area (Å²) < 4.78 is 11.5. The van der Waals surface area contributed by atoms with Crippen LogP contribution in [0.3, 0.4) is 0 Å². The summed E-state index contributed by atoms with van der Waals surface area (Å²) in [4.78, 5) is 0. The zero-order chi connectivity index (χ0) is 8.89. The predicted octanol–water partition coefficient (Wildman–Crippen LogP) is 0.768. The van der Waals surface area contributed by atoms with Crippen LogP contribution >= 0.6 is 0 Å². The number of ether oxygens (including phenoxy) is 2. The van der Waals surface area contributed by atoms with Gasteiger partial charge in [-0.25, -0.2) is 0 Å². The minimum absolute atomic E-state index is 0.281.